The summed E-state index contributed by atoms with van der Waals surface area (Å²) in [5, 5.41) is 7.52. The third-order valence-corrected chi connectivity index (χ3v) is 9.71. The van der Waals surface area contributed by atoms with Gasteiger partial charge in [0.15, 0.2) is 0 Å². The number of benzene rings is 8. The second kappa shape index (κ2) is 11.4. The van der Waals surface area contributed by atoms with E-state index in [0.29, 0.717) is 0 Å². The summed E-state index contributed by atoms with van der Waals surface area (Å²) in [6.07, 6.45) is 0. The minimum Gasteiger partial charge on any atom is -0.321 e. The van der Waals surface area contributed by atoms with Crippen LogP contribution in [0, 0.1) is 0 Å². The summed E-state index contributed by atoms with van der Waals surface area (Å²) in [6.45, 7) is 4.48. The average Bonchev–Trinajstić information content (AvgIpc) is 3.53. The van der Waals surface area contributed by atoms with E-state index in [1.54, 1.807) is 0 Å². The van der Waals surface area contributed by atoms with Gasteiger partial charge in [0, 0.05) is 11.6 Å². The fourth-order valence-corrected chi connectivity index (χ4v) is 7.52. The molecule has 0 bridgehead atoms. The van der Waals surface area contributed by atoms with Gasteiger partial charge in [-0.15, -0.1) is 0 Å². The summed E-state index contributed by atoms with van der Waals surface area (Å²) in [4.78, 5) is 5.31. The van der Waals surface area contributed by atoms with Crippen LogP contribution < -0.4 is 0 Å². The highest BCUT2D eigenvalue weighted by atomic mass is 15.1. The summed E-state index contributed by atoms with van der Waals surface area (Å²) in [5.74, 6) is 0.998. The number of imidazole rings is 1. The van der Waals surface area contributed by atoms with E-state index in [1.807, 2.05) is 0 Å². The second-order valence-corrected chi connectivity index (χ2v) is 12.9. The third kappa shape index (κ3) is 4.60. The molecule has 0 N–H and O–H groups in total. The number of hydrogen-bond acceptors (Lipinski definition) is 1. The Morgan fingerprint density at radius 1 is 0.417 bits per heavy atom. The normalized spacial score (nSPS) is 11.7. The van der Waals surface area contributed by atoms with Crippen LogP contribution >= 0.6 is 0 Å². The Labute approximate surface area is 280 Å². The minimum absolute atomic E-state index is 0.257. The molecule has 0 unspecified atom stereocenters. The van der Waals surface area contributed by atoms with Crippen LogP contribution in [0.1, 0.15) is 19.9 Å². The summed E-state index contributed by atoms with van der Waals surface area (Å²) >= 11 is 0. The maximum absolute atomic E-state index is 5.31. The van der Waals surface area contributed by atoms with E-state index in [1.165, 1.54) is 65.7 Å². The molecule has 0 spiro atoms. The van der Waals surface area contributed by atoms with Crippen LogP contribution in [-0.4, -0.2) is 9.55 Å². The van der Waals surface area contributed by atoms with Gasteiger partial charge in [0.05, 0.1) is 11.0 Å². The highest BCUT2D eigenvalue weighted by Crippen LogP contribution is 2.45. The van der Waals surface area contributed by atoms with Gasteiger partial charge in [0.2, 0.25) is 0 Å². The van der Waals surface area contributed by atoms with Gasteiger partial charge < -0.3 is 4.57 Å². The Bertz CT molecular complexity index is 2570. The molecule has 0 radical (unpaired) electrons. The molecule has 228 valence electrons. The van der Waals surface area contributed by atoms with Crippen LogP contribution in [-0.2, 0) is 0 Å². The molecule has 2 heteroatoms. The summed E-state index contributed by atoms with van der Waals surface area (Å²) in [7, 11) is 0. The predicted molar refractivity (Wildman–Crippen MR) is 204 cm³/mol. The first kappa shape index (κ1) is 28.3. The molecule has 8 aromatic carbocycles. The molecular weight excluding hydrogens is 581 g/mol. The van der Waals surface area contributed by atoms with Crippen molar-refractivity contribution in [1.82, 2.24) is 9.55 Å². The van der Waals surface area contributed by atoms with E-state index in [2.05, 4.69) is 182 Å². The molecule has 48 heavy (non-hydrogen) atoms. The maximum atomic E-state index is 5.31. The van der Waals surface area contributed by atoms with Crippen LogP contribution in [0.2, 0.25) is 0 Å². The Morgan fingerprint density at radius 3 is 1.52 bits per heavy atom. The summed E-state index contributed by atoms with van der Waals surface area (Å²) in [6, 6.07) is 59.7. The van der Waals surface area contributed by atoms with Crippen LogP contribution in [0.5, 0.6) is 0 Å². The first-order valence-corrected chi connectivity index (χ1v) is 16.7. The van der Waals surface area contributed by atoms with Crippen LogP contribution in [0.25, 0.3) is 88.1 Å². The molecular formula is C46H34N2. The van der Waals surface area contributed by atoms with Crippen LogP contribution in [0.15, 0.2) is 164 Å². The molecule has 0 amide bonds. The van der Waals surface area contributed by atoms with E-state index in [4.69, 9.17) is 4.98 Å². The molecule has 1 aromatic heterocycles. The Balaban J connectivity index is 1.24. The lowest BCUT2D eigenvalue weighted by molar-refractivity contribution is 0.624. The van der Waals surface area contributed by atoms with Crippen molar-refractivity contribution in [2.45, 2.75) is 19.9 Å². The zero-order valence-electron chi connectivity index (χ0n) is 27.1. The number of rotatable bonds is 5. The number of hydrogen-bond donors (Lipinski definition) is 0. The SMILES string of the molecule is CC(C)n1c(-c2ccc(-c3ccccc3)cc2)nc2cc(-c3c4ccccc4c(-c4ccc5ccccc5c4)c4ccccc34)ccc21. The lowest BCUT2D eigenvalue weighted by atomic mass is 9.85. The Hall–Kier alpha value is -5.99. The van der Waals surface area contributed by atoms with Gasteiger partial charge in [-0.05, 0) is 97.7 Å². The summed E-state index contributed by atoms with van der Waals surface area (Å²) in [5.41, 5.74) is 10.7. The molecule has 1 heterocycles. The van der Waals surface area contributed by atoms with E-state index in [0.717, 1.165) is 22.4 Å². The topological polar surface area (TPSA) is 17.8 Å². The van der Waals surface area contributed by atoms with Crippen molar-refractivity contribution in [2.75, 3.05) is 0 Å². The minimum atomic E-state index is 0.257. The quantitative estimate of drug-likeness (QED) is 0.176. The number of aromatic nitrogens is 2. The molecule has 2 nitrogen and oxygen atoms in total. The smallest absolute Gasteiger partial charge is 0.141 e. The maximum Gasteiger partial charge on any atom is 0.141 e. The van der Waals surface area contributed by atoms with Crippen molar-refractivity contribution >= 4 is 43.4 Å². The first-order valence-electron chi connectivity index (χ1n) is 16.7. The van der Waals surface area contributed by atoms with E-state index < -0.39 is 0 Å². The lowest BCUT2D eigenvalue weighted by Gasteiger charge is -2.18. The average molecular weight is 615 g/mol. The van der Waals surface area contributed by atoms with E-state index in [-0.39, 0.29) is 6.04 Å². The van der Waals surface area contributed by atoms with Gasteiger partial charge >= 0.3 is 0 Å². The fourth-order valence-electron chi connectivity index (χ4n) is 7.52. The zero-order chi connectivity index (χ0) is 32.2. The molecule has 0 atom stereocenters. The Kier molecular flexibility index (Phi) is 6.69. The summed E-state index contributed by atoms with van der Waals surface area (Å²) < 4.78 is 2.37. The Morgan fingerprint density at radius 2 is 0.896 bits per heavy atom. The standard InChI is InChI=1S/C46H34N2/c1-30(2)48-43-27-26-37(29-42(43)47-46(48)34-23-20-33(21-24-34)31-12-4-3-5-13-31)45-40-18-10-8-16-38(40)44(39-17-9-11-19-41(39)45)36-25-22-32-14-6-7-15-35(32)28-36/h3-30H,1-2H3. The highest BCUT2D eigenvalue weighted by Gasteiger charge is 2.20. The van der Waals surface area contributed by atoms with Crippen molar-refractivity contribution in [3.63, 3.8) is 0 Å². The molecule has 9 aromatic rings. The van der Waals surface area contributed by atoms with Crippen LogP contribution in [0.4, 0.5) is 0 Å². The van der Waals surface area contributed by atoms with E-state index in [9.17, 15) is 0 Å². The van der Waals surface area contributed by atoms with Crippen molar-refractivity contribution < 1.29 is 0 Å². The fraction of sp³-hybridized carbons (Fsp3) is 0.0652. The molecule has 0 aliphatic rings. The molecule has 0 aliphatic carbocycles. The monoisotopic (exact) mass is 614 g/mol. The second-order valence-electron chi connectivity index (χ2n) is 12.9. The number of fused-ring (bicyclic) bond motifs is 4. The third-order valence-electron chi connectivity index (χ3n) is 9.71. The van der Waals surface area contributed by atoms with Crippen LogP contribution in [0.3, 0.4) is 0 Å². The van der Waals surface area contributed by atoms with Crippen molar-refractivity contribution in [3.05, 3.63) is 164 Å². The number of nitrogens with zero attached hydrogens (tertiary/aromatic N) is 2. The van der Waals surface area contributed by atoms with Gasteiger partial charge in [0.1, 0.15) is 5.82 Å². The van der Waals surface area contributed by atoms with Crippen molar-refractivity contribution in [2.24, 2.45) is 0 Å². The van der Waals surface area contributed by atoms with Gasteiger partial charge in [-0.2, -0.15) is 0 Å². The highest BCUT2D eigenvalue weighted by molar-refractivity contribution is 6.22. The molecule has 9 rings (SSSR count). The molecule has 0 saturated heterocycles. The van der Waals surface area contributed by atoms with Gasteiger partial charge in [-0.1, -0.05) is 146 Å². The van der Waals surface area contributed by atoms with Crippen molar-refractivity contribution in [3.8, 4) is 44.8 Å². The predicted octanol–water partition coefficient (Wildman–Crippen LogP) is 12.7. The largest absolute Gasteiger partial charge is 0.321 e. The molecule has 0 saturated carbocycles. The zero-order valence-corrected chi connectivity index (χ0v) is 27.1. The van der Waals surface area contributed by atoms with Gasteiger partial charge in [0.25, 0.3) is 0 Å². The molecule has 0 fully saturated rings. The van der Waals surface area contributed by atoms with Gasteiger partial charge in [-0.3, -0.25) is 0 Å². The van der Waals surface area contributed by atoms with Crippen molar-refractivity contribution in [1.29, 1.82) is 0 Å². The molecule has 0 aliphatic heterocycles. The lowest BCUT2D eigenvalue weighted by Crippen LogP contribution is -2.03. The first-order chi connectivity index (χ1) is 23.6. The van der Waals surface area contributed by atoms with Gasteiger partial charge in [-0.25, -0.2) is 4.98 Å². The van der Waals surface area contributed by atoms with E-state index >= 15 is 0 Å².